The number of sulfonamides is 1. The molecule has 0 saturated carbocycles. The zero-order valence-electron chi connectivity index (χ0n) is 16.0. The van der Waals surface area contributed by atoms with Crippen molar-refractivity contribution in [3.05, 3.63) is 59.2 Å². The van der Waals surface area contributed by atoms with Crippen molar-refractivity contribution in [3.63, 3.8) is 0 Å². The van der Waals surface area contributed by atoms with Crippen LogP contribution in [0.15, 0.2) is 42.5 Å². The van der Waals surface area contributed by atoms with E-state index in [-0.39, 0.29) is 24.0 Å². The van der Waals surface area contributed by atoms with Crippen molar-refractivity contribution in [1.29, 1.82) is 0 Å². The molecule has 2 aromatic rings. The van der Waals surface area contributed by atoms with Gasteiger partial charge in [0.1, 0.15) is 18.1 Å². The number of rotatable bonds is 7. The lowest BCUT2D eigenvalue weighted by Crippen LogP contribution is -2.39. The first-order valence-corrected chi connectivity index (χ1v) is 10.7. The Hall–Kier alpha value is -2.26. The van der Waals surface area contributed by atoms with Gasteiger partial charge in [0.15, 0.2) is 0 Å². The number of nitrogens with one attached hydrogen (secondary N) is 1. The Morgan fingerprint density at radius 1 is 1.10 bits per heavy atom. The first-order valence-electron chi connectivity index (χ1n) is 9.13. The van der Waals surface area contributed by atoms with Gasteiger partial charge in [0.2, 0.25) is 10.0 Å². The number of fused-ring (bicyclic) bond motifs is 1. The molecule has 1 atom stereocenters. The summed E-state index contributed by atoms with van der Waals surface area (Å²) in [5, 5.41) is -0.510. The zero-order chi connectivity index (χ0) is 21.2. The van der Waals surface area contributed by atoms with Crippen LogP contribution in [0.2, 0.25) is 0 Å². The average molecular weight is 429 g/mol. The summed E-state index contributed by atoms with van der Waals surface area (Å²) in [5.74, 6) is 0.197. The van der Waals surface area contributed by atoms with E-state index in [1.54, 1.807) is 32.0 Å². The summed E-state index contributed by atoms with van der Waals surface area (Å²) in [6, 6.07) is 11.0. The SMILES string of the molecule is CC(C)S(=O)(=O)NC1Cc2ccc(OCc3ccccc3OC(F)(F)F)cc2C1. The van der Waals surface area contributed by atoms with Crippen LogP contribution in [0, 0.1) is 0 Å². The van der Waals surface area contributed by atoms with Gasteiger partial charge in [-0.3, -0.25) is 0 Å². The van der Waals surface area contributed by atoms with Crippen LogP contribution in [0.1, 0.15) is 30.5 Å². The second kappa shape index (κ2) is 8.23. The Morgan fingerprint density at radius 2 is 1.79 bits per heavy atom. The van der Waals surface area contributed by atoms with E-state index >= 15 is 0 Å². The molecule has 1 N–H and O–H groups in total. The van der Waals surface area contributed by atoms with E-state index in [1.807, 2.05) is 6.07 Å². The average Bonchev–Trinajstić information content (AvgIpc) is 3.00. The number of hydrogen-bond donors (Lipinski definition) is 1. The standard InChI is InChI=1S/C20H22F3NO4S/c1-13(2)29(25,26)24-17-9-14-7-8-18(11-16(14)10-17)27-12-15-5-3-4-6-19(15)28-20(21,22)23/h3-8,11,13,17,24H,9-10,12H2,1-2H3. The lowest BCUT2D eigenvalue weighted by molar-refractivity contribution is -0.275. The summed E-state index contributed by atoms with van der Waals surface area (Å²) in [5.41, 5.74) is 2.25. The highest BCUT2D eigenvalue weighted by atomic mass is 32.2. The van der Waals surface area contributed by atoms with E-state index in [0.29, 0.717) is 18.6 Å². The number of para-hydroxylation sites is 1. The Morgan fingerprint density at radius 3 is 2.48 bits per heavy atom. The van der Waals surface area contributed by atoms with Gasteiger partial charge in [0, 0.05) is 11.6 Å². The van der Waals surface area contributed by atoms with Crippen molar-refractivity contribution in [3.8, 4) is 11.5 Å². The molecule has 158 valence electrons. The molecule has 0 spiro atoms. The molecule has 2 aromatic carbocycles. The molecule has 5 nitrogen and oxygen atoms in total. The fraction of sp³-hybridized carbons (Fsp3) is 0.400. The van der Waals surface area contributed by atoms with Crippen molar-refractivity contribution in [1.82, 2.24) is 4.72 Å². The topological polar surface area (TPSA) is 64.6 Å². The maximum absolute atomic E-state index is 12.5. The zero-order valence-corrected chi connectivity index (χ0v) is 16.8. The second-order valence-electron chi connectivity index (χ2n) is 7.19. The van der Waals surface area contributed by atoms with E-state index < -0.39 is 21.6 Å². The van der Waals surface area contributed by atoms with Crippen LogP contribution in [0.25, 0.3) is 0 Å². The Balaban J connectivity index is 1.66. The summed E-state index contributed by atoms with van der Waals surface area (Å²) in [7, 11) is -3.36. The second-order valence-corrected chi connectivity index (χ2v) is 9.46. The van der Waals surface area contributed by atoms with Crippen LogP contribution in [-0.4, -0.2) is 26.1 Å². The largest absolute Gasteiger partial charge is 0.573 e. The molecule has 0 saturated heterocycles. The third-order valence-corrected chi connectivity index (χ3v) is 6.56. The number of hydrogen-bond acceptors (Lipinski definition) is 4. The smallest absolute Gasteiger partial charge is 0.489 e. The molecule has 0 aromatic heterocycles. The predicted molar refractivity (Wildman–Crippen MR) is 102 cm³/mol. The van der Waals surface area contributed by atoms with Crippen molar-refractivity contribution in [2.75, 3.05) is 0 Å². The molecule has 0 radical (unpaired) electrons. The van der Waals surface area contributed by atoms with Gasteiger partial charge in [-0.05, 0) is 56.0 Å². The maximum atomic E-state index is 12.5. The van der Waals surface area contributed by atoms with Crippen LogP contribution in [0.4, 0.5) is 13.2 Å². The van der Waals surface area contributed by atoms with Gasteiger partial charge in [0.25, 0.3) is 0 Å². The van der Waals surface area contributed by atoms with E-state index in [0.717, 1.165) is 11.1 Å². The number of halogens is 3. The van der Waals surface area contributed by atoms with Gasteiger partial charge in [-0.1, -0.05) is 24.3 Å². The monoisotopic (exact) mass is 429 g/mol. The van der Waals surface area contributed by atoms with Gasteiger partial charge in [-0.25, -0.2) is 13.1 Å². The van der Waals surface area contributed by atoms with Gasteiger partial charge in [0.05, 0.1) is 5.25 Å². The van der Waals surface area contributed by atoms with Gasteiger partial charge >= 0.3 is 6.36 Å². The third kappa shape index (κ3) is 5.63. The summed E-state index contributed by atoms with van der Waals surface area (Å²) in [6.45, 7) is 3.15. The van der Waals surface area contributed by atoms with Crippen LogP contribution in [0.5, 0.6) is 11.5 Å². The van der Waals surface area contributed by atoms with Gasteiger partial charge in [-0.2, -0.15) is 0 Å². The van der Waals surface area contributed by atoms with Crippen molar-refractivity contribution in [2.45, 2.75) is 51.0 Å². The van der Waals surface area contributed by atoms with E-state index in [9.17, 15) is 21.6 Å². The lowest BCUT2D eigenvalue weighted by atomic mass is 10.1. The molecule has 0 aliphatic heterocycles. The van der Waals surface area contributed by atoms with Crippen molar-refractivity contribution < 1.29 is 31.1 Å². The van der Waals surface area contributed by atoms with E-state index in [4.69, 9.17) is 4.74 Å². The van der Waals surface area contributed by atoms with Gasteiger partial charge in [-0.15, -0.1) is 13.2 Å². The normalized spacial score (nSPS) is 16.7. The van der Waals surface area contributed by atoms with Crippen LogP contribution in [0.3, 0.4) is 0 Å². The van der Waals surface area contributed by atoms with E-state index in [2.05, 4.69) is 9.46 Å². The summed E-state index contributed by atoms with van der Waals surface area (Å²) in [6.07, 6.45) is -3.65. The number of ether oxygens (including phenoxy) is 2. The molecule has 9 heteroatoms. The van der Waals surface area contributed by atoms with Gasteiger partial charge < -0.3 is 9.47 Å². The molecule has 0 fully saturated rings. The molecule has 29 heavy (non-hydrogen) atoms. The minimum Gasteiger partial charge on any atom is -0.489 e. The molecular formula is C20H22F3NO4S. The summed E-state index contributed by atoms with van der Waals surface area (Å²) >= 11 is 0. The van der Waals surface area contributed by atoms with Crippen molar-refractivity contribution >= 4 is 10.0 Å². The first kappa shape index (κ1) is 21.4. The third-order valence-electron chi connectivity index (χ3n) is 4.65. The number of benzene rings is 2. The quantitative estimate of drug-likeness (QED) is 0.724. The predicted octanol–water partition coefficient (Wildman–Crippen LogP) is 3.96. The molecule has 3 rings (SSSR count). The Bertz CT molecular complexity index is 974. The molecule has 1 aliphatic carbocycles. The molecule has 1 unspecified atom stereocenters. The summed E-state index contributed by atoms with van der Waals surface area (Å²) in [4.78, 5) is 0. The summed E-state index contributed by atoms with van der Waals surface area (Å²) < 4.78 is 74.1. The molecular weight excluding hydrogens is 407 g/mol. The fourth-order valence-electron chi connectivity index (χ4n) is 3.14. The van der Waals surface area contributed by atoms with Crippen LogP contribution < -0.4 is 14.2 Å². The Labute approximate surface area is 167 Å². The number of alkyl halides is 3. The highest BCUT2D eigenvalue weighted by Gasteiger charge is 2.32. The van der Waals surface area contributed by atoms with E-state index in [1.165, 1.54) is 18.2 Å². The fourth-order valence-corrected chi connectivity index (χ4v) is 4.05. The minimum absolute atomic E-state index is 0.0888. The molecule has 0 amide bonds. The molecule has 1 aliphatic rings. The van der Waals surface area contributed by atoms with Crippen molar-refractivity contribution in [2.24, 2.45) is 0 Å². The maximum Gasteiger partial charge on any atom is 0.573 e. The highest BCUT2D eigenvalue weighted by molar-refractivity contribution is 7.90. The molecule has 0 bridgehead atoms. The molecule has 0 heterocycles. The Kier molecular flexibility index (Phi) is 6.09. The first-order chi connectivity index (χ1) is 13.5. The minimum atomic E-state index is -4.78. The van der Waals surface area contributed by atoms with Crippen LogP contribution in [-0.2, 0) is 29.5 Å². The lowest BCUT2D eigenvalue weighted by Gasteiger charge is -2.14. The highest BCUT2D eigenvalue weighted by Crippen LogP contribution is 2.30. The van der Waals surface area contributed by atoms with Crippen LogP contribution >= 0.6 is 0 Å².